The van der Waals surface area contributed by atoms with Crippen LogP contribution in [-0.2, 0) is 4.43 Å². The molecule has 1 nitrogen and oxygen atoms in total. The Hall–Kier alpha value is 0.107. The summed E-state index contributed by atoms with van der Waals surface area (Å²) in [6, 6.07) is 0. The number of rotatable bonds is 3. The lowest BCUT2D eigenvalue weighted by atomic mass is 9.95. The lowest BCUT2D eigenvalue weighted by Crippen LogP contribution is -2.18. The molecule has 0 aliphatic carbocycles. The van der Waals surface area contributed by atoms with E-state index in [1.54, 1.807) is 0 Å². The van der Waals surface area contributed by atoms with Gasteiger partial charge in [0.25, 0.3) is 0 Å². The number of hydrogen-bond donors (Lipinski definition) is 0. The molecule has 0 atom stereocenters. The molecule has 0 rings (SSSR count). The van der Waals surface area contributed by atoms with Crippen LogP contribution in [0.3, 0.4) is 0 Å². The summed E-state index contributed by atoms with van der Waals surface area (Å²) in [6.45, 7) is 20.1. The molecule has 96 valence electrons. The summed E-state index contributed by atoms with van der Waals surface area (Å²) >= 11 is 1.94. The van der Waals surface area contributed by atoms with Crippen molar-refractivity contribution < 1.29 is 4.43 Å². The fraction of sp³-hybridized carbons (Fsp3) is 0.846. The third kappa shape index (κ3) is 6.64. The second kappa shape index (κ2) is 5.63. The topological polar surface area (TPSA) is 9.23 Å². The Morgan fingerprint density at radius 3 is 1.69 bits per heavy atom. The van der Waals surface area contributed by atoms with E-state index in [-0.39, 0.29) is 10.2 Å². The summed E-state index contributed by atoms with van der Waals surface area (Å²) in [4.78, 5) is 1.39. The van der Waals surface area contributed by atoms with Gasteiger partial charge >= 0.3 is 0 Å². The van der Waals surface area contributed by atoms with Crippen molar-refractivity contribution in [3.8, 4) is 0 Å². The van der Waals surface area contributed by atoms with Crippen LogP contribution in [0.25, 0.3) is 0 Å². The van der Waals surface area contributed by atoms with E-state index >= 15 is 0 Å². The Morgan fingerprint density at radius 2 is 1.44 bits per heavy atom. The third-order valence-corrected chi connectivity index (χ3v) is 4.36. The van der Waals surface area contributed by atoms with Gasteiger partial charge in [-0.1, -0.05) is 41.5 Å². The zero-order valence-corrected chi connectivity index (χ0v) is 14.4. The summed E-state index contributed by atoms with van der Waals surface area (Å²) < 4.78 is 6.22. The monoisotopic (exact) mass is 260 g/mol. The predicted octanol–water partition coefficient (Wildman–Crippen LogP) is 4.80. The van der Waals surface area contributed by atoms with Crippen molar-refractivity contribution in [3.63, 3.8) is 0 Å². The molecule has 0 saturated carbocycles. The molecule has 0 aromatic rings. The van der Waals surface area contributed by atoms with Gasteiger partial charge in [-0.25, -0.2) is 0 Å². The van der Waals surface area contributed by atoms with Crippen molar-refractivity contribution in [1.82, 2.24) is 0 Å². The van der Waals surface area contributed by atoms with E-state index in [1.165, 1.54) is 4.91 Å². The average Bonchev–Trinajstić information content (AvgIpc) is 1.94. The van der Waals surface area contributed by atoms with Crippen LogP contribution in [-0.4, -0.2) is 13.8 Å². The zero-order chi connectivity index (χ0) is 13.1. The molecule has 0 fully saturated rings. The second-order valence-corrected chi connectivity index (χ2v) is 10.7. The molecule has 0 heterocycles. The Labute approximate surface area is 108 Å². The van der Waals surface area contributed by atoms with E-state index in [0.29, 0.717) is 0 Å². The second-order valence-electron chi connectivity index (χ2n) is 6.52. The number of thioether (sulfide) groups is 1. The normalized spacial score (nSPS) is 15.1. The van der Waals surface area contributed by atoms with Crippen LogP contribution in [0.4, 0.5) is 0 Å². The van der Waals surface area contributed by atoms with Crippen molar-refractivity contribution in [2.75, 3.05) is 0 Å². The van der Waals surface area contributed by atoms with Crippen LogP contribution in [0, 0.1) is 5.41 Å². The predicted molar refractivity (Wildman–Crippen MR) is 79.5 cm³/mol. The molecular weight excluding hydrogens is 232 g/mol. The van der Waals surface area contributed by atoms with Crippen molar-refractivity contribution >= 4 is 20.8 Å². The smallest absolute Gasteiger partial charge is 0.229 e. The van der Waals surface area contributed by atoms with Crippen LogP contribution in [0.1, 0.15) is 48.5 Å². The van der Waals surface area contributed by atoms with Gasteiger partial charge in [0.15, 0.2) is 0 Å². The maximum Gasteiger partial charge on any atom is 0.229 e. The van der Waals surface area contributed by atoms with Crippen molar-refractivity contribution in [1.29, 1.82) is 0 Å². The fourth-order valence-electron chi connectivity index (χ4n) is 1.47. The molecule has 0 amide bonds. The van der Waals surface area contributed by atoms with Gasteiger partial charge in [0.1, 0.15) is 0 Å². The largest absolute Gasteiger partial charge is 0.549 e. The quantitative estimate of drug-likeness (QED) is 0.533. The molecule has 0 saturated heterocycles. The molecule has 0 bridgehead atoms. The highest BCUT2D eigenvalue weighted by atomic mass is 32.2. The van der Waals surface area contributed by atoms with Gasteiger partial charge < -0.3 is 4.43 Å². The van der Waals surface area contributed by atoms with Crippen LogP contribution in [0.2, 0.25) is 13.1 Å². The first-order valence-corrected chi connectivity index (χ1v) is 9.60. The Kier molecular flexibility index (Phi) is 5.67. The molecule has 0 N–H and O–H groups in total. The summed E-state index contributed by atoms with van der Waals surface area (Å²) in [5.41, 5.74) is 0.172. The highest BCUT2D eigenvalue weighted by Crippen LogP contribution is 2.43. The van der Waals surface area contributed by atoms with E-state index in [4.69, 9.17) is 4.43 Å². The maximum atomic E-state index is 5.98. The Balaban J connectivity index is 5.09. The number of hydrogen-bond acceptors (Lipinski definition) is 2. The minimum absolute atomic E-state index is 0.172. The molecule has 0 aliphatic rings. The van der Waals surface area contributed by atoms with Crippen LogP contribution < -0.4 is 0 Å². The van der Waals surface area contributed by atoms with Gasteiger partial charge in [-0.15, -0.1) is 11.8 Å². The first-order chi connectivity index (χ1) is 6.93. The van der Waals surface area contributed by atoms with Gasteiger partial charge in [0.05, 0.1) is 5.76 Å². The highest BCUT2D eigenvalue weighted by Gasteiger charge is 2.26. The minimum atomic E-state index is -0.996. The molecular formula is C13H28OSSi. The summed E-state index contributed by atoms with van der Waals surface area (Å²) in [5, 5.41) is 0. The van der Waals surface area contributed by atoms with Crippen molar-refractivity contribution in [2.45, 2.75) is 66.3 Å². The van der Waals surface area contributed by atoms with Gasteiger partial charge in [0.2, 0.25) is 9.04 Å². The maximum absolute atomic E-state index is 5.98. The lowest BCUT2D eigenvalue weighted by molar-refractivity contribution is 0.412. The molecule has 0 unspecified atom stereocenters. The third-order valence-electron chi connectivity index (χ3n) is 1.82. The van der Waals surface area contributed by atoms with E-state index in [0.717, 1.165) is 5.76 Å². The summed E-state index contributed by atoms with van der Waals surface area (Å²) in [6.07, 6.45) is 0. The molecule has 3 heteroatoms. The zero-order valence-electron chi connectivity index (χ0n) is 12.4. The minimum Gasteiger partial charge on any atom is -0.549 e. The van der Waals surface area contributed by atoms with Crippen LogP contribution in [0.15, 0.2) is 10.7 Å². The first kappa shape index (κ1) is 16.1. The van der Waals surface area contributed by atoms with E-state index in [1.807, 2.05) is 11.8 Å². The Morgan fingerprint density at radius 1 is 1.00 bits per heavy atom. The summed E-state index contributed by atoms with van der Waals surface area (Å²) in [5.74, 6) is 1.13. The number of allylic oxidation sites excluding steroid dienone is 2. The van der Waals surface area contributed by atoms with Crippen molar-refractivity contribution in [2.24, 2.45) is 5.41 Å². The Bertz CT molecular complexity index is 256. The van der Waals surface area contributed by atoms with Crippen molar-refractivity contribution in [3.05, 3.63) is 10.7 Å². The fourth-order valence-corrected chi connectivity index (χ4v) is 3.49. The highest BCUT2D eigenvalue weighted by molar-refractivity contribution is 8.04. The van der Waals surface area contributed by atoms with Gasteiger partial charge in [-0.3, -0.25) is 0 Å². The molecule has 0 radical (unpaired) electrons. The van der Waals surface area contributed by atoms with Crippen LogP contribution >= 0.6 is 11.8 Å². The van der Waals surface area contributed by atoms with Gasteiger partial charge in [-0.2, -0.15) is 0 Å². The van der Waals surface area contributed by atoms with E-state index < -0.39 is 9.04 Å². The van der Waals surface area contributed by atoms with Gasteiger partial charge in [-0.05, 0) is 25.4 Å². The van der Waals surface area contributed by atoms with Gasteiger partial charge in [0, 0.05) is 9.65 Å². The molecule has 16 heavy (non-hydrogen) atoms. The molecule has 0 aromatic heterocycles. The standard InChI is InChI=1S/C13H28OSSi/c1-10(14-16(8)9)11(12(2,3)4)15-13(5,6)7/h16H,1-9H3. The van der Waals surface area contributed by atoms with Crippen LogP contribution in [0.5, 0.6) is 0 Å². The lowest BCUT2D eigenvalue weighted by Gasteiger charge is -2.31. The molecule has 0 aromatic carbocycles. The van der Waals surface area contributed by atoms with E-state index in [2.05, 4.69) is 61.6 Å². The van der Waals surface area contributed by atoms with E-state index in [9.17, 15) is 0 Å². The SMILES string of the molecule is CC(O[SiH](C)C)=C(SC(C)(C)C)C(C)(C)C. The average molecular weight is 261 g/mol. The molecule has 0 aliphatic heterocycles. The summed E-state index contributed by atoms with van der Waals surface area (Å²) in [7, 11) is -0.996. The first-order valence-electron chi connectivity index (χ1n) is 6.00. The molecule has 0 spiro atoms.